The Morgan fingerprint density at radius 1 is 1.47 bits per heavy atom. The van der Waals surface area contributed by atoms with Gasteiger partial charge in [-0.2, -0.15) is 0 Å². The molecule has 0 saturated carbocycles. The maximum Gasteiger partial charge on any atom is 0.311 e. The SMILES string of the molecule is CC(C)(COCc1ccncc1)C(=O)O. The van der Waals surface area contributed by atoms with Crippen LogP contribution in [0.25, 0.3) is 0 Å². The van der Waals surface area contributed by atoms with Gasteiger partial charge in [-0.3, -0.25) is 9.78 Å². The van der Waals surface area contributed by atoms with Crippen molar-refractivity contribution in [2.75, 3.05) is 6.61 Å². The van der Waals surface area contributed by atoms with Crippen molar-refractivity contribution < 1.29 is 14.6 Å². The number of nitrogens with zero attached hydrogens (tertiary/aromatic N) is 1. The Morgan fingerprint density at radius 3 is 2.60 bits per heavy atom. The van der Waals surface area contributed by atoms with E-state index >= 15 is 0 Å². The molecular weight excluding hydrogens is 194 g/mol. The van der Waals surface area contributed by atoms with Crippen molar-refractivity contribution in [1.82, 2.24) is 4.98 Å². The molecule has 0 atom stereocenters. The quantitative estimate of drug-likeness (QED) is 0.802. The third-order valence-corrected chi connectivity index (χ3v) is 2.06. The number of carbonyl (C=O) groups is 1. The first-order chi connectivity index (χ1) is 7.02. The van der Waals surface area contributed by atoms with Crippen molar-refractivity contribution in [1.29, 1.82) is 0 Å². The molecule has 0 saturated heterocycles. The first kappa shape index (κ1) is 11.7. The lowest BCUT2D eigenvalue weighted by Crippen LogP contribution is -2.29. The summed E-state index contributed by atoms with van der Waals surface area (Å²) >= 11 is 0. The highest BCUT2D eigenvalue weighted by Gasteiger charge is 2.27. The predicted molar refractivity (Wildman–Crippen MR) is 55.3 cm³/mol. The van der Waals surface area contributed by atoms with Crippen LogP contribution in [0.1, 0.15) is 19.4 Å². The third-order valence-electron chi connectivity index (χ3n) is 2.06. The normalized spacial score (nSPS) is 11.3. The Bertz CT molecular complexity index is 322. The Labute approximate surface area is 88.9 Å². The number of aromatic nitrogens is 1. The molecule has 0 spiro atoms. The molecule has 4 heteroatoms. The minimum absolute atomic E-state index is 0.199. The zero-order valence-electron chi connectivity index (χ0n) is 8.93. The highest BCUT2D eigenvalue weighted by Crippen LogP contribution is 2.16. The van der Waals surface area contributed by atoms with E-state index in [0.717, 1.165) is 5.56 Å². The first-order valence-electron chi connectivity index (χ1n) is 4.72. The smallest absolute Gasteiger partial charge is 0.311 e. The number of aliphatic carboxylic acids is 1. The average Bonchev–Trinajstić information content (AvgIpc) is 2.19. The standard InChI is InChI=1S/C11H15NO3/c1-11(2,10(13)14)8-15-7-9-3-5-12-6-4-9/h3-6H,7-8H2,1-2H3,(H,13,14). The van der Waals surface area contributed by atoms with E-state index in [-0.39, 0.29) is 6.61 Å². The molecule has 15 heavy (non-hydrogen) atoms. The minimum Gasteiger partial charge on any atom is -0.481 e. The Morgan fingerprint density at radius 2 is 2.07 bits per heavy atom. The molecule has 1 heterocycles. The fourth-order valence-corrected chi connectivity index (χ4v) is 0.965. The van der Waals surface area contributed by atoms with Crippen LogP contribution in [0.5, 0.6) is 0 Å². The second-order valence-electron chi connectivity index (χ2n) is 4.04. The van der Waals surface area contributed by atoms with E-state index in [2.05, 4.69) is 4.98 Å². The summed E-state index contributed by atoms with van der Waals surface area (Å²) in [6.07, 6.45) is 3.36. The van der Waals surface area contributed by atoms with Crippen LogP contribution in [0.3, 0.4) is 0 Å². The zero-order chi connectivity index (χ0) is 11.3. The summed E-state index contributed by atoms with van der Waals surface area (Å²) < 4.78 is 5.34. The lowest BCUT2D eigenvalue weighted by Gasteiger charge is -2.18. The molecule has 1 aromatic rings. The van der Waals surface area contributed by atoms with Gasteiger partial charge < -0.3 is 9.84 Å². The van der Waals surface area contributed by atoms with Crippen molar-refractivity contribution in [3.8, 4) is 0 Å². The van der Waals surface area contributed by atoms with Gasteiger partial charge in [0.25, 0.3) is 0 Å². The number of pyridine rings is 1. The van der Waals surface area contributed by atoms with E-state index in [9.17, 15) is 4.79 Å². The maximum atomic E-state index is 10.8. The van der Waals surface area contributed by atoms with Crippen LogP contribution in [-0.4, -0.2) is 22.7 Å². The van der Waals surface area contributed by atoms with Crippen LogP contribution in [0.2, 0.25) is 0 Å². The first-order valence-corrected chi connectivity index (χ1v) is 4.72. The molecule has 0 bridgehead atoms. The lowest BCUT2D eigenvalue weighted by atomic mass is 9.95. The summed E-state index contributed by atoms with van der Waals surface area (Å²) in [5.41, 5.74) is 0.152. The molecule has 1 N–H and O–H groups in total. The van der Waals surface area contributed by atoms with E-state index in [4.69, 9.17) is 9.84 Å². The maximum absolute atomic E-state index is 10.8. The Balaban J connectivity index is 2.37. The number of ether oxygens (including phenoxy) is 1. The molecule has 0 aliphatic rings. The van der Waals surface area contributed by atoms with Crippen LogP contribution < -0.4 is 0 Å². The molecule has 0 aliphatic heterocycles. The van der Waals surface area contributed by atoms with Gasteiger partial charge in [0.15, 0.2) is 0 Å². The molecular formula is C11H15NO3. The van der Waals surface area contributed by atoms with Crippen molar-refractivity contribution in [2.24, 2.45) is 5.41 Å². The molecule has 0 fully saturated rings. The summed E-state index contributed by atoms with van der Waals surface area (Å²) in [5.74, 6) is -0.850. The molecule has 0 amide bonds. The monoisotopic (exact) mass is 209 g/mol. The number of hydrogen-bond acceptors (Lipinski definition) is 3. The fraction of sp³-hybridized carbons (Fsp3) is 0.455. The van der Waals surface area contributed by atoms with Crippen molar-refractivity contribution in [3.05, 3.63) is 30.1 Å². The summed E-state index contributed by atoms with van der Waals surface area (Å²) in [7, 11) is 0. The topological polar surface area (TPSA) is 59.4 Å². The highest BCUT2D eigenvalue weighted by molar-refractivity contribution is 5.73. The van der Waals surface area contributed by atoms with Gasteiger partial charge in [-0.1, -0.05) is 0 Å². The number of rotatable bonds is 5. The Hall–Kier alpha value is -1.42. The third kappa shape index (κ3) is 3.67. The van der Waals surface area contributed by atoms with E-state index < -0.39 is 11.4 Å². The van der Waals surface area contributed by atoms with Gasteiger partial charge in [0.2, 0.25) is 0 Å². The van der Waals surface area contributed by atoms with Gasteiger partial charge in [0, 0.05) is 12.4 Å². The van der Waals surface area contributed by atoms with Gasteiger partial charge >= 0.3 is 5.97 Å². The predicted octanol–water partition coefficient (Wildman–Crippen LogP) is 1.71. The molecule has 0 radical (unpaired) electrons. The zero-order valence-corrected chi connectivity index (χ0v) is 8.93. The van der Waals surface area contributed by atoms with E-state index in [0.29, 0.717) is 6.61 Å². The van der Waals surface area contributed by atoms with Gasteiger partial charge in [-0.25, -0.2) is 0 Å². The highest BCUT2D eigenvalue weighted by atomic mass is 16.5. The molecule has 0 aliphatic carbocycles. The summed E-state index contributed by atoms with van der Waals surface area (Å²) in [5, 5.41) is 8.85. The van der Waals surface area contributed by atoms with Crippen molar-refractivity contribution in [3.63, 3.8) is 0 Å². The number of carboxylic acids is 1. The number of hydrogen-bond donors (Lipinski definition) is 1. The molecule has 1 aromatic heterocycles. The molecule has 0 unspecified atom stereocenters. The van der Waals surface area contributed by atoms with Gasteiger partial charge in [-0.15, -0.1) is 0 Å². The molecule has 0 aromatic carbocycles. The summed E-state index contributed by atoms with van der Waals surface area (Å²) in [4.78, 5) is 14.7. The van der Waals surface area contributed by atoms with E-state index in [1.807, 2.05) is 12.1 Å². The Kier molecular flexibility index (Phi) is 3.80. The average molecular weight is 209 g/mol. The second kappa shape index (κ2) is 4.89. The van der Waals surface area contributed by atoms with E-state index in [1.165, 1.54) is 0 Å². The fourth-order valence-electron chi connectivity index (χ4n) is 0.965. The molecule has 1 rings (SSSR count). The van der Waals surface area contributed by atoms with Crippen LogP contribution in [0.15, 0.2) is 24.5 Å². The van der Waals surface area contributed by atoms with Crippen molar-refractivity contribution >= 4 is 5.97 Å². The largest absolute Gasteiger partial charge is 0.481 e. The molecule has 4 nitrogen and oxygen atoms in total. The number of carboxylic acid groups (broad SMARTS) is 1. The van der Waals surface area contributed by atoms with Gasteiger partial charge in [-0.05, 0) is 31.5 Å². The van der Waals surface area contributed by atoms with Gasteiger partial charge in [0.05, 0.1) is 18.6 Å². The van der Waals surface area contributed by atoms with Gasteiger partial charge in [0.1, 0.15) is 0 Å². The minimum atomic E-state index is -0.850. The van der Waals surface area contributed by atoms with E-state index in [1.54, 1.807) is 26.2 Å². The van der Waals surface area contributed by atoms with Crippen LogP contribution >= 0.6 is 0 Å². The lowest BCUT2D eigenvalue weighted by molar-refractivity contribution is -0.150. The van der Waals surface area contributed by atoms with Crippen LogP contribution in [-0.2, 0) is 16.1 Å². The van der Waals surface area contributed by atoms with Crippen molar-refractivity contribution in [2.45, 2.75) is 20.5 Å². The molecule has 82 valence electrons. The van der Waals surface area contributed by atoms with Crippen LogP contribution in [0.4, 0.5) is 0 Å². The second-order valence-corrected chi connectivity index (χ2v) is 4.04. The van der Waals surface area contributed by atoms with Crippen LogP contribution in [0, 0.1) is 5.41 Å². The summed E-state index contributed by atoms with van der Waals surface area (Å²) in [6, 6.07) is 3.68. The summed E-state index contributed by atoms with van der Waals surface area (Å²) in [6.45, 7) is 3.90.